The SMILES string of the molecule is C=CCCC(C(C)=O)N1CC2=C(OC(C)/C(C=C)=C/C=C/CNCCCCCC)CCC=C2CO1.CC. The molecule has 0 bridgehead atoms. The van der Waals surface area contributed by atoms with E-state index < -0.39 is 0 Å². The minimum Gasteiger partial charge on any atom is -0.490 e. The Morgan fingerprint density at radius 2 is 2.05 bits per heavy atom. The molecule has 1 aliphatic heterocycles. The Hall–Kier alpha value is -2.21. The number of hydrogen-bond acceptors (Lipinski definition) is 5. The first-order chi connectivity index (χ1) is 18.0. The number of nitrogens with one attached hydrogen (secondary N) is 1. The Kier molecular flexibility index (Phi) is 17.6. The van der Waals surface area contributed by atoms with E-state index in [2.05, 4.69) is 56.6 Å². The van der Waals surface area contributed by atoms with Crippen LogP contribution in [0, 0.1) is 0 Å². The Balaban J connectivity index is 0.00000334. The maximum Gasteiger partial charge on any atom is 0.149 e. The van der Waals surface area contributed by atoms with Crippen LogP contribution < -0.4 is 5.32 Å². The number of hydroxylamine groups is 2. The second-order valence-electron chi connectivity index (χ2n) is 9.33. The number of rotatable bonds is 17. The second kappa shape index (κ2) is 19.8. The quantitative estimate of drug-likeness (QED) is 0.125. The first-order valence-corrected chi connectivity index (χ1v) is 14.3. The summed E-state index contributed by atoms with van der Waals surface area (Å²) in [5, 5.41) is 5.30. The summed E-state index contributed by atoms with van der Waals surface area (Å²) in [6, 6.07) is -0.267. The van der Waals surface area contributed by atoms with E-state index in [9.17, 15) is 4.79 Å². The molecule has 0 aromatic rings. The summed E-state index contributed by atoms with van der Waals surface area (Å²) in [7, 11) is 0. The van der Waals surface area contributed by atoms with Crippen LogP contribution in [0.25, 0.3) is 0 Å². The normalized spacial score (nSPS) is 17.9. The van der Waals surface area contributed by atoms with Crippen LogP contribution in [0.2, 0.25) is 0 Å². The molecule has 1 fully saturated rings. The van der Waals surface area contributed by atoms with Crippen LogP contribution in [0.15, 0.2) is 72.1 Å². The highest BCUT2D eigenvalue weighted by Crippen LogP contribution is 2.33. The largest absolute Gasteiger partial charge is 0.490 e. The van der Waals surface area contributed by atoms with Gasteiger partial charge in [-0.15, -0.1) is 6.58 Å². The van der Waals surface area contributed by atoms with Gasteiger partial charge in [-0.2, -0.15) is 5.06 Å². The number of hydrogen-bond donors (Lipinski definition) is 1. The Morgan fingerprint density at radius 3 is 2.73 bits per heavy atom. The van der Waals surface area contributed by atoms with Crippen molar-refractivity contribution in [2.75, 3.05) is 26.2 Å². The van der Waals surface area contributed by atoms with Gasteiger partial charge in [0.1, 0.15) is 17.6 Å². The molecular formula is C32H52N2O3. The van der Waals surface area contributed by atoms with Crippen molar-refractivity contribution in [2.24, 2.45) is 0 Å². The number of ketones is 1. The van der Waals surface area contributed by atoms with Crippen molar-refractivity contribution in [2.45, 2.75) is 98.1 Å². The number of Topliss-reactive ketones (excluding diaryl/α,β-unsaturated/α-hetero) is 1. The van der Waals surface area contributed by atoms with Crippen LogP contribution in [0.5, 0.6) is 0 Å². The third-order valence-corrected chi connectivity index (χ3v) is 6.57. The molecule has 5 nitrogen and oxygen atoms in total. The molecule has 0 amide bonds. The zero-order valence-corrected chi connectivity index (χ0v) is 24.2. The Labute approximate surface area is 227 Å². The van der Waals surface area contributed by atoms with E-state index in [1.165, 1.54) is 31.3 Å². The number of nitrogens with zero attached hydrogens (tertiary/aromatic N) is 1. The topological polar surface area (TPSA) is 50.8 Å². The highest BCUT2D eigenvalue weighted by Gasteiger charge is 2.32. The molecule has 0 spiro atoms. The zero-order valence-electron chi connectivity index (χ0n) is 24.2. The fraction of sp³-hybridized carbons (Fsp3) is 0.594. The highest BCUT2D eigenvalue weighted by atomic mass is 16.7. The summed E-state index contributed by atoms with van der Waals surface area (Å²) >= 11 is 0. The molecule has 2 aliphatic rings. The Bertz CT molecular complexity index is 822. The number of ether oxygens (including phenoxy) is 1. The van der Waals surface area contributed by atoms with Gasteiger partial charge in [0.05, 0.1) is 19.2 Å². The monoisotopic (exact) mass is 512 g/mol. The molecule has 0 saturated carbocycles. The average molecular weight is 513 g/mol. The van der Waals surface area contributed by atoms with Crippen molar-refractivity contribution in [3.63, 3.8) is 0 Å². The van der Waals surface area contributed by atoms with Gasteiger partial charge in [0.15, 0.2) is 0 Å². The van der Waals surface area contributed by atoms with Crippen molar-refractivity contribution in [3.8, 4) is 0 Å². The highest BCUT2D eigenvalue weighted by molar-refractivity contribution is 5.81. The van der Waals surface area contributed by atoms with E-state index in [-0.39, 0.29) is 17.9 Å². The van der Waals surface area contributed by atoms with E-state index in [1.54, 1.807) is 6.92 Å². The maximum atomic E-state index is 12.3. The molecule has 1 heterocycles. The maximum absolute atomic E-state index is 12.3. The van der Waals surface area contributed by atoms with Gasteiger partial charge in [-0.05, 0) is 57.2 Å². The molecule has 1 aliphatic carbocycles. The Morgan fingerprint density at radius 1 is 1.27 bits per heavy atom. The first-order valence-electron chi connectivity index (χ1n) is 14.3. The van der Waals surface area contributed by atoms with Crippen LogP contribution >= 0.6 is 0 Å². The van der Waals surface area contributed by atoms with E-state index in [4.69, 9.17) is 9.57 Å². The van der Waals surface area contributed by atoms with Crippen molar-refractivity contribution >= 4 is 5.78 Å². The van der Waals surface area contributed by atoms with Gasteiger partial charge < -0.3 is 10.1 Å². The van der Waals surface area contributed by atoms with Gasteiger partial charge in [-0.3, -0.25) is 9.63 Å². The molecule has 5 heteroatoms. The van der Waals surface area contributed by atoms with E-state index in [0.717, 1.165) is 49.3 Å². The van der Waals surface area contributed by atoms with Crippen LogP contribution in [-0.2, 0) is 14.4 Å². The van der Waals surface area contributed by atoms with Crippen LogP contribution in [0.4, 0.5) is 0 Å². The lowest BCUT2D eigenvalue weighted by Crippen LogP contribution is -2.45. The van der Waals surface area contributed by atoms with E-state index in [0.29, 0.717) is 19.6 Å². The third kappa shape index (κ3) is 11.8. The van der Waals surface area contributed by atoms with Gasteiger partial charge >= 0.3 is 0 Å². The predicted molar refractivity (Wildman–Crippen MR) is 157 cm³/mol. The number of allylic oxidation sites excluding steroid dienone is 5. The zero-order chi connectivity index (χ0) is 27.5. The minimum absolute atomic E-state index is 0.110. The van der Waals surface area contributed by atoms with Gasteiger partial charge in [0.2, 0.25) is 0 Å². The molecular weight excluding hydrogens is 460 g/mol. The molecule has 0 aromatic heterocycles. The van der Waals surface area contributed by atoms with E-state index in [1.807, 2.05) is 31.1 Å². The standard InChI is InChI=1S/C30H46N2O3.C2H6/c1-6-9-11-13-20-31-21-14-12-16-26(8-3)25(5)35-30-19-15-17-27-23-34-32(22-28(27)30)29(24(4)33)18-10-7-2;1-2/h7-8,12,14,16-17,25,29,31H,2-3,6,9-11,13,15,18-23H2,1,4-5H3;1-2H3/b14-12+,26-16+;. The first kappa shape index (κ1) is 32.8. The summed E-state index contributed by atoms with van der Waals surface area (Å²) in [6.45, 7) is 20.7. The molecule has 0 radical (unpaired) electrons. The third-order valence-electron chi connectivity index (χ3n) is 6.57. The van der Waals surface area contributed by atoms with Crippen LogP contribution in [0.3, 0.4) is 0 Å². The lowest BCUT2D eigenvalue weighted by atomic mass is 9.94. The lowest BCUT2D eigenvalue weighted by molar-refractivity contribution is -0.187. The van der Waals surface area contributed by atoms with Crippen molar-refractivity contribution in [1.82, 2.24) is 10.4 Å². The van der Waals surface area contributed by atoms with Gasteiger partial charge in [-0.1, -0.05) is 83.1 Å². The van der Waals surface area contributed by atoms with Gasteiger partial charge in [-0.25, -0.2) is 0 Å². The average Bonchev–Trinajstić information content (AvgIpc) is 2.91. The molecule has 37 heavy (non-hydrogen) atoms. The molecule has 0 aromatic carbocycles. The number of carbonyl (C=O) groups is 1. The smallest absolute Gasteiger partial charge is 0.149 e. The van der Waals surface area contributed by atoms with Crippen molar-refractivity contribution in [3.05, 3.63) is 72.1 Å². The molecule has 2 rings (SSSR count). The second-order valence-corrected chi connectivity index (χ2v) is 9.33. The van der Waals surface area contributed by atoms with Gasteiger partial charge in [0, 0.05) is 18.5 Å². The van der Waals surface area contributed by atoms with Crippen molar-refractivity contribution in [1.29, 1.82) is 0 Å². The molecule has 208 valence electrons. The summed E-state index contributed by atoms with van der Waals surface area (Å²) < 4.78 is 6.48. The summed E-state index contributed by atoms with van der Waals surface area (Å²) in [6.07, 6.45) is 20.5. The van der Waals surface area contributed by atoms with Crippen molar-refractivity contribution < 1.29 is 14.4 Å². The van der Waals surface area contributed by atoms with Gasteiger partial charge in [0.25, 0.3) is 0 Å². The van der Waals surface area contributed by atoms with E-state index >= 15 is 0 Å². The molecule has 2 unspecified atom stereocenters. The summed E-state index contributed by atoms with van der Waals surface area (Å²) in [4.78, 5) is 18.3. The number of unbranched alkanes of at least 4 members (excludes halogenated alkanes) is 3. The summed E-state index contributed by atoms with van der Waals surface area (Å²) in [5.41, 5.74) is 3.38. The lowest BCUT2D eigenvalue weighted by Gasteiger charge is -2.37. The number of carbonyl (C=O) groups excluding carboxylic acids is 1. The molecule has 1 N–H and O–H groups in total. The fourth-order valence-electron chi connectivity index (χ4n) is 4.44. The fourth-order valence-corrected chi connectivity index (χ4v) is 4.44. The van der Waals surface area contributed by atoms with Crippen LogP contribution in [-0.4, -0.2) is 49.2 Å². The predicted octanol–water partition coefficient (Wildman–Crippen LogP) is 7.40. The van der Waals surface area contributed by atoms with Crippen LogP contribution in [0.1, 0.15) is 86.0 Å². The summed E-state index contributed by atoms with van der Waals surface area (Å²) in [5.74, 6) is 1.12. The number of fused-ring (bicyclic) bond motifs is 1. The molecule has 1 saturated heterocycles. The molecule has 2 atom stereocenters. The minimum atomic E-state index is -0.267.